The molecule has 3 nitrogen and oxygen atoms in total. The van der Waals surface area contributed by atoms with Crippen molar-refractivity contribution in [2.24, 2.45) is 0 Å². The Morgan fingerprint density at radius 3 is 2.64 bits per heavy atom. The van der Waals surface area contributed by atoms with Crippen LogP contribution in [0.1, 0.15) is 32.6 Å². The van der Waals surface area contributed by atoms with Crippen LogP contribution in [0.3, 0.4) is 0 Å². The van der Waals surface area contributed by atoms with Crippen LogP contribution in [-0.4, -0.2) is 47.8 Å². The van der Waals surface area contributed by atoms with E-state index in [0.717, 1.165) is 19.5 Å². The summed E-state index contributed by atoms with van der Waals surface area (Å²) in [5, 5.41) is 13.7. The number of nitrogens with zero attached hydrogens (tertiary/aromatic N) is 1. The van der Waals surface area contributed by atoms with Crippen molar-refractivity contribution in [3.8, 4) is 0 Å². The Balaban J connectivity index is 1.99. The van der Waals surface area contributed by atoms with Crippen molar-refractivity contribution < 1.29 is 5.11 Å². The van der Waals surface area contributed by atoms with Gasteiger partial charge in [-0.2, -0.15) is 0 Å². The number of hydrogen-bond donors (Lipinski definition) is 2. The molecule has 3 heteroatoms. The minimum absolute atomic E-state index is 0.330. The Kier molecular flexibility index (Phi) is 3.10. The molecule has 0 radical (unpaired) electrons. The summed E-state index contributed by atoms with van der Waals surface area (Å²) in [5.74, 6) is 0. The Hall–Kier alpha value is -0.120. The lowest BCUT2D eigenvalue weighted by molar-refractivity contribution is -0.0576. The molecule has 2 fully saturated rings. The van der Waals surface area contributed by atoms with Crippen LogP contribution in [0.2, 0.25) is 0 Å². The Morgan fingerprint density at radius 2 is 2.00 bits per heavy atom. The molecule has 0 aromatic carbocycles. The average Bonchev–Trinajstić information content (AvgIpc) is 2.18. The molecule has 0 amide bonds. The maximum Gasteiger partial charge on any atom is 0.0798 e. The van der Waals surface area contributed by atoms with Crippen LogP contribution in [-0.2, 0) is 0 Å². The molecule has 82 valence electrons. The van der Waals surface area contributed by atoms with Crippen LogP contribution in [0.25, 0.3) is 0 Å². The van der Waals surface area contributed by atoms with E-state index < -0.39 is 5.60 Å². The van der Waals surface area contributed by atoms with Gasteiger partial charge in [-0.15, -0.1) is 0 Å². The first-order valence-electron chi connectivity index (χ1n) is 5.87. The molecule has 0 spiro atoms. The first-order valence-corrected chi connectivity index (χ1v) is 5.87. The lowest BCUT2D eigenvalue weighted by Crippen LogP contribution is -2.61. The standard InChI is InChI=1S/C11H22N2O/c1-11(14)5-6-12-9-10(11)13-7-3-2-4-8-13/h10,12,14H,2-9H2,1H3/t10-,11-/m1/s1. The molecule has 2 N–H and O–H groups in total. The van der Waals surface area contributed by atoms with Gasteiger partial charge in [0.2, 0.25) is 0 Å². The second kappa shape index (κ2) is 4.17. The van der Waals surface area contributed by atoms with E-state index in [1.807, 2.05) is 6.92 Å². The van der Waals surface area contributed by atoms with Crippen molar-refractivity contribution in [3.05, 3.63) is 0 Å². The predicted octanol–water partition coefficient (Wildman–Crippen LogP) is 0.585. The average molecular weight is 198 g/mol. The summed E-state index contributed by atoms with van der Waals surface area (Å²) in [6.45, 7) is 6.24. The number of piperidine rings is 2. The minimum Gasteiger partial charge on any atom is -0.388 e. The van der Waals surface area contributed by atoms with E-state index in [0.29, 0.717) is 6.04 Å². The third-order valence-corrected chi connectivity index (χ3v) is 3.69. The highest BCUT2D eigenvalue weighted by Crippen LogP contribution is 2.25. The van der Waals surface area contributed by atoms with Gasteiger partial charge < -0.3 is 10.4 Å². The zero-order chi connectivity index (χ0) is 10.0. The van der Waals surface area contributed by atoms with Crippen molar-refractivity contribution in [3.63, 3.8) is 0 Å². The third-order valence-electron chi connectivity index (χ3n) is 3.69. The molecule has 0 saturated carbocycles. The molecule has 2 rings (SSSR count). The molecular formula is C11H22N2O. The van der Waals surface area contributed by atoms with Crippen molar-refractivity contribution in [1.29, 1.82) is 0 Å². The summed E-state index contributed by atoms with van der Waals surface area (Å²) < 4.78 is 0. The first kappa shape index (κ1) is 10.4. The summed E-state index contributed by atoms with van der Waals surface area (Å²) in [4.78, 5) is 2.47. The van der Waals surface area contributed by atoms with E-state index in [-0.39, 0.29) is 0 Å². The van der Waals surface area contributed by atoms with Crippen LogP contribution in [0.4, 0.5) is 0 Å². The molecule has 0 aliphatic carbocycles. The molecular weight excluding hydrogens is 176 g/mol. The molecule has 0 aromatic rings. The zero-order valence-electron chi connectivity index (χ0n) is 9.13. The zero-order valence-corrected chi connectivity index (χ0v) is 9.13. The largest absolute Gasteiger partial charge is 0.388 e. The van der Waals surface area contributed by atoms with E-state index in [1.54, 1.807) is 0 Å². The van der Waals surface area contributed by atoms with Gasteiger partial charge in [0.05, 0.1) is 11.6 Å². The highest BCUT2D eigenvalue weighted by Gasteiger charge is 2.38. The number of nitrogens with one attached hydrogen (secondary N) is 1. The number of rotatable bonds is 1. The maximum absolute atomic E-state index is 10.3. The molecule has 0 bridgehead atoms. The van der Waals surface area contributed by atoms with Gasteiger partial charge in [0.15, 0.2) is 0 Å². The summed E-state index contributed by atoms with van der Waals surface area (Å²) in [6.07, 6.45) is 4.84. The van der Waals surface area contributed by atoms with E-state index in [1.165, 1.54) is 32.4 Å². The summed E-state index contributed by atoms with van der Waals surface area (Å²) in [6, 6.07) is 0.330. The Morgan fingerprint density at radius 1 is 1.29 bits per heavy atom. The highest BCUT2D eigenvalue weighted by atomic mass is 16.3. The van der Waals surface area contributed by atoms with E-state index in [4.69, 9.17) is 0 Å². The third kappa shape index (κ3) is 2.10. The quantitative estimate of drug-likeness (QED) is 0.647. The Bertz CT molecular complexity index is 188. The fourth-order valence-corrected chi connectivity index (χ4v) is 2.72. The molecule has 2 heterocycles. The summed E-state index contributed by atoms with van der Waals surface area (Å²) in [7, 11) is 0. The normalized spacial score (nSPS) is 41.1. The predicted molar refractivity (Wildman–Crippen MR) is 57.3 cm³/mol. The highest BCUT2D eigenvalue weighted by molar-refractivity contribution is 4.95. The van der Waals surface area contributed by atoms with Gasteiger partial charge in [0.25, 0.3) is 0 Å². The molecule has 0 unspecified atom stereocenters. The number of aliphatic hydroxyl groups is 1. The van der Waals surface area contributed by atoms with Crippen LogP contribution in [0.5, 0.6) is 0 Å². The van der Waals surface area contributed by atoms with Crippen LogP contribution in [0, 0.1) is 0 Å². The fraction of sp³-hybridized carbons (Fsp3) is 1.00. The van der Waals surface area contributed by atoms with Crippen molar-refractivity contribution in [2.45, 2.75) is 44.2 Å². The first-order chi connectivity index (χ1) is 6.70. The second-order valence-corrected chi connectivity index (χ2v) is 4.92. The summed E-state index contributed by atoms with van der Waals surface area (Å²) >= 11 is 0. The monoisotopic (exact) mass is 198 g/mol. The van der Waals surface area contributed by atoms with Gasteiger partial charge in [0, 0.05) is 6.54 Å². The molecule has 0 aromatic heterocycles. The van der Waals surface area contributed by atoms with E-state index in [2.05, 4.69) is 10.2 Å². The maximum atomic E-state index is 10.3. The molecule has 2 aliphatic heterocycles. The molecule has 2 atom stereocenters. The van der Waals surface area contributed by atoms with Gasteiger partial charge in [-0.3, -0.25) is 4.90 Å². The van der Waals surface area contributed by atoms with Gasteiger partial charge in [0.1, 0.15) is 0 Å². The molecule has 14 heavy (non-hydrogen) atoms. The number of likely N-dealkylation sites (tertiary alicyclic amines) is 1. The Labute approximate surface area is 86.5 Å². The second-order valence-electron chi connectivity index (χ2n) is 4.92. The molecule has 2 saturated heterocycles. The van der Waals surface area contributed by atoms with Gasteiger partial charge in [-0.05, 0) is 45.8 Å². The number of hydrogen-bond acceptors (Lipinski definition) is 3. The van der Waals surface area contributed by atoms with Gasteiger partial charge in [-0.1, -0.05) is 6.42 Å². The topological polar surface area (TPSA) is 35.5 Å². The van der Waals surface area contributed by atoms with Crippen LogP contribution >= 0.6 is 0 Å². The summed E-state index contributed by atoms with van der Waals surface area (Å²) in [5.41, 5.74) is -0.484. The van der Waals surface area contributed by atoms with Gasteiger partial charge in [-0.25, -0.2) is 0 Å². The van der Waals surface area contributed by atoms with Crippen molar-refractivity contribution in [2.75, 3.05) is 26.2 Å². The molecule has 2 aliphatic rings. The van der Waals surface area contributed by atoms with Crippen LogP contribution in [0.15, 0.2) is 0 Å². The minimum atomic E-state index is -0.484. The van der Waals surface area contributed by atoms with E-state index in [9.17, 15) is 5.11 Å². The van der Waals surface area contributed by atoms with Crippen LogP contribution < -0.4 is 5.32 Å². The van der Waals surface area contributed by atoms with E-state index >= 15 is 0 Å². The lowest BCUT2D eigenvalue weighted by Gasteiger charge is -2.45. The smallest absolute Gasteiger partial charge is 0.0798 e. The van der Waals surface area contributed by atoms with Crippen molar-refractivity contribution >= 4 is 0 Å². The van der Waals surface area contributed by atoms with Gasteiger partial charge >= 0.3 is 0 Å². The fourth-order valence-electron chi connectivity index (χ4n) is 2.72. The lowest BCUT2D eigenvalue weighted by atomic mass is 9.87. The van der Waals surface area contributed by atoms with Crippen molar-refractivity contribution in [1.82, 2.24) is 10.2 Å². The SMILES string of the molecule is C[C@@]1(O)CCNC[C@H]1N1CCCCC1.